The van der Waals surface area contributed by atoms with Crippen molar-refractivity contribution in [3.8, 4) is 0 Å². The Kier molecular flexibility index (Phi) is 5.08. The fourth-order valence-corrected chi connectivity index (χ4v) is 3.12. The molecule has 1 aromatic heterocycles. The van der Waals surface area contributed by atoms with E-state index in [1.165, 1.54) is 26.4 Å². The first-order valence-corrected chi connectivity index (χ1v) is 8.47. The summed E-state index contributed by atoms with van der Waals surface area (Å²) in [6.45, 7) is 1.93. The maximum Gasteiger partial charge on any atom is 0.358 e. The first kappa shape index (κ1) is 16.4. The summed E-state index contributed by atoms with van der Waals surface area (Å²) in [5, 5.41) is 4.43. The van der Waals surface area contributed by atoms with E-state index in [2.05, 4.69) is 5.10 Å². The van der Waals surface area contributed by atoms with Gasteiger partial charge in [-0.1, -0.05) is 49.6 Å². The largest absolute Gasteiger partial charge is 0.464 e. The number of benzene rings is 1. The van der Waals surface area contributed by atoms with E-state index < -0.39 is 5.97 Å². The molecule has 0 bridgehead atoms. The van der Waals surface area contributed by atoms with Gasteiger partial charge in [0.2, 0.25) is 0 Å². The molecule has 0 aliphatic heterocycles. The fourth-order valence-electron chi connectivity index (χ4n) is 3.12. The van der Waals surface area contributed by atoms with Crippen LogP contribution in [0, 0.1) is 6.92 Å². The molecular formula is C19H23N3O2. The number of carbonyl (C=O) groups excluding carboxylic acids is 1. The van der Waals surface area contributed by atoms with Crippen LogP contribution in [0.15, 0.2) is 41.4 Å². The molecule has 0 unspecified atom stereocenters. The Bertz CT molecular complexity index is 728. The molecule has 0 radical (unpaired) electrons. The van der Waals surface area contributed by atoms with Gasteiger partial charge in [0.05, 0.1) is 13.2 Å². The van der Waals surface area contributed by atoms with Crippen LogP contribution in [-0.2, 0) is 4.74 Å². The molecule has 2 aromatic rings. The molecule has 0 spiro atoms. The van der Waals surface area contributed by atoms with E-state index in [1.807, 2.05) is 37.3 Å². The Labute approximate surface area is 142 Å². The summed E-state index contributed by atoms with van der Waals surface area (Å²) in [4.78, 5) is 16.8. The molecule has 1 heterocycles. The molecule has 1 fully saturated rings. The van der Waals surface area contributed by atoms with Crippen LogP contribution in [0.25, 0.3) is 0 Å². The summed E-state index contributed by atoms with van der Waals surface area (Å²) in [5.74, 6) is 0.372. The minimum Gasteiger partial charge on any atom is -0.464 e. The van der Waals surface area contributed by atoms with E-state index in [4.69, 9.17) is 9.73 Å². The van der Waals surface area contributed by atoms with Gasteiger partial charge >= 0.3 is 5.97 Å². The van der Waals surface area contributed by atoms with Gasteiger partial charge in [0.15, 0.2) is 11.5 Å². The standard InChI is InChI=1S/C19H23N3O2/c1-14-13-17(19(23)24-2)21-22(14)18(15-9-5-3-6-10-15)20-16-11-7-4-8-12-16/h3,5-6,9-10,13,16H,4,7-8,11-12H2,1-2H3. The third kappa shape index (κ3) is 3.55. The highest BCUT2D eigenvalue weighted by Crippen LogP contribution is 2.22. The summed E-state index contributed by atoms with van der Waals surface area (Å²) >= 11 is 0. The van der Waals surface area contributed by atoms with Crippen molar-refractivity contribution in [2.75, 3.05) is 7.11 Å². The molecule has 5 nitrogen and oxygen atoms in total. The highest BCUT2D eigenvalue weighted by Gasteiger charge is 2.19. The number of hydrogen-bond donors (Lipinski definition) is 0. The van der Waals surface area contributed by atoms with Gasteiger partial charge in [-0.05, 0) is 25.8 Å². The number of aromatic nitrogens is 2. The SMILES string of the molecule is COC(=O)c1cc(C)n(C(=NC2CCCCC2)c2ccccc2)n1. The van der Waals surface area contributed by atoms with Crippen molar-refractivity contribution >= 4 is 11.8 Å². The maximum absolute atomic E-state index is 11.8. The zero-order valence-corrected chi connectivity index (χ0v) is 14.2. The van der Waals surface area contributed by atoms with Gasteiger partial charge in [0.1, 0.15) is 0 Å². The van der Waals surface area contributed by atoms with Gasteiger partial charge in [0.25, 0.3) is 0 Å². The molecule has 0 atom stereocenters. The number of aryl methyl sites for hydroxylation is 1. The topological polar surface area (TPSA) is 56.5 Å². The minimum atomic E-state index is -0.429. The molecular weight excluding hydrogens is 302 g/mol. The third-order valence-corrected chi connectivity index (χ3v) is 4.39. The Morgan fingerprint density at radius 3 is 2.58 bits per heavy atom. The molecule has 0 amide bonds. The zero-order chi connectivity index (χ0) is 16.9. The van der Waals surface area contributed by atoms with E-state index in [0.29, 0.717) is 11.7 Å². The van der Waals surface area contributed by atoms with Gasteiger partial charge in [0, 0.05) is 11.3 Å². The number of rotatable bonds is 3. The van der Waals surface area contributed by atoms with Crippen LogP contribution >= 0.6 is 0 Å². The monoisotopic (exact) mass is 325 g/mol. The van der Waals surface area contributed by atoms with Crippen LogP contribution in [0.2, 0.25) is 0 Å². The summed E-state index contributed by atoms with van der Waals surface area (Å²) in [6.07, 6.45) is 5.96. The molecule has 126 valence electrons. The van der Waals surface area contributed by atoms with Gasteiger partial charge in [-0.25, -0.2) is 9.48 Å². The average molecular weight is 325 g/mol. The lowest BCUT2D eigenvalue weighted by Gasteiger charge is -2.20. The molecule has 24 heavy (non-hydrogen) atoms. The molecule has 1 aliphatic rings. The summed E-state index contributed by atoms with van der Waals surface area (Å²) in [6, 6.07) is 12.1. The lowest BCUT2D eigenvalue weighted by Crippen LogP contribution is -2.22. The molecule has 0 N–H and O–H groups in total. The van der Waals surface area contributed by atoms with Gasteiger partial charge in [-0.15, -0.1) is 0 Å². The number of methoxy groups -OCH3 is 1. The normalized spacial score (nSPS) is 16.2. The molecule has 3 rings (SSSR count). The van der Waals surface area contributed by atoms with Gasteiger partial charge < -0.3 is 4.74 Å². The zero-order valence-electron chi connectivity index (χ0n) is 14.2. The molecule has 1 aliphatic carbocycles. The van der Waals surface area contributed by atoms with Crippen LogP contribution in [0.4, 0.5) is 0 Å². The second-order valence-electron chi connectivity index (χ2n) is 6.18. The summed E-state index contributed by atoms with van der Waals surface area (Å²) < 4.78 is 6.55. The van der Waals surface area contributed by atoms with E-state index >= 15 is 0 Å². The van der Waals surface area contributed by atoms with Crippen molar-refractivity contribution in [3.05, 3.63) is 53.3 Å². The summed E-state index contributed by atoms with van der Waals surface area (Å²) in [7, 11) is 1.37. The van der Waals surface area contributed by atoms with Crippen LogP contribution in [0.5, 0.6) is 0 Å². The Hall–Kier alpha value is -2.43. The number of aliphatic imine (C=N–C) groups is 1. The Morgan fingerprint density at radius 2 is 1.92 bits per heavy atom. The predicted molar refractivity (Wildman–Crippen MR) is 93.6 cm³/mol. The van der Waals surface area contributed by atoms with Crippen molar-refractivity contribution in [3.63, 3.8) is 0 Å². The number of nitrogens with zero attached hydrogens (tertiary/aromatic N) is 3. The van der Waals surface area contributed by atoms with Crippen molar-refractivity contribution in [1.29, 1.82) is 0 Å². The molecule has 0 saturated heterocycles. The molecule has 1 aromatic carbocycles. The second kappa shape index (κ2) is 7.43. The first-order valence-electron chi connectivity index (χ1n) is 8.47. The number of ether oxygens (including phenoxy) is 1. The second-order valence-corrected chi connectivity index (χ2v) is 6.18. The Morgan fingerprint density at radius 1 is 1.21 bits per heavy atom. The third-order valence-electron chi connectivity index (χ3n) is 4.39. The van der Waals surface area contributed by atoms with Gasteiger partial charge in [-0.3, -0.25) is 4.99 Å². The van der Waals surface area contributed by atoms with Crippen LogP contribution in [0.1, 0.15) is 53.8 Å². The smallest absolute Gasteiger partial charge is 0.358 e. The summed E-state index contributed by atoms with van der Waals surface area (Å²) in [5.41, 5.74) is 2.18. The lowest BCUT2D eigenvalue weighted by molar-refractivity contribution is 0.0593. The van der Waals surface area contributed by atoms with E-state index in [9.17, 15) is 4.79 Å². The minimum absolute atomic E-state index is 0.308. The van der Waals surface area contributed by atoms with E-state index in [-0.39, 0.29) is 0 Å². The molecule has 1 saturated carbocycles. The highest BCUT2D eigenvalue weighted by molar-refractivity contribution is 6.01. The quantitative estimate of drug-likeness (QED) is 0.492. The predicted octanol–water partition coefficient (Wildman–Crippen LogP) is 3.61. The van der Waals surface area contributed by atoms with E-state index in [1.54, 1.807) is 10.7 Å². The maximum atomic E-state index is 11.8. The molecule has 5 heteroatoms. The lowest BCUT2D eigenvalue weighted by atomic mass is 9.96. The fraction of sp³-hybridized carbons (Fsp3) is 0.421. The van der Waals surface area contributed by atoms with Crippen molar-refractivity contribution in [1.82, 2.24) is 9.78 Å². The van der Waals surface area contributed by atoms with Crippen LogP contribution in [0.3, 0.4) is 0 Å². The Balaban J connectivity index is 2.03. The number of carbonyl (C=O) groups is 1. The van der Waals surface area contributed by atoms with Crippen molar-refractivity contribution in [2.24, 2.45) is 4.99 Å². The first-order chi connectivity index (χ1) is 11.7. The van der Waals surface area contributed by atoms with Crippen molar-refractivity contribution in [2.45, 2.75) is 45.1 Å². The van der Waals surface area contributed by atoms with Gasteiger partial charge in [-0.2, -0.15) is 5.10 Å². The highest BCUT2D eigenvalue weighted by atomic mass is 16.5. The van der Waals surface area contributed by atoms with Crippen LogP contribution in [-0.4, -0.2) is 34.7 Å². The number of esters is 1. The van der Waals surface area contributed by atoms with Crippen LogP contribution < -0.4 is 0 Å². The van der Waals surface area contributed by atoms with Crippen molar-refractivity contribution < 1.29 is 9.53 Å². The average Bonchev–Trinajstić information content (AvgIpc) is 3.02. The van der Waals surface area contributed by atoms with E-state index in [0.717, 1.165) is 29.9 Å². The number of hydrogen-bond acceptors (Lipinski definition) is 4.